The quantitative estimate of drug-likeness (QED) is 0.457. The normalized spacial score (nSPS) is 11.8. The summed E-state index contributed by atoms with van der Waals surface area (Å²) in [7, 11) is 1.62. The van der Waals surface area contributed by atoms with E-state index in [1.165, 1.54) is 12.1 Å². The minimum Gasteiger partial charge on any atom is -0.497 e. The lowest BCUT2D eigenvalue weighted by Crippen LogP contribution is -2.29. The number of nitrogens with zero attached hydrogens (tertiary/aromatic N) is 2. The minimum atomic E-state index is -0.985. The van der Waals surface area contributed by atoms with Crippen LogP contribution in [0.2, 0.25) is 0 Å². The summed E-state index contributed by atoms with van der Waals surface area (Å²) in [5, 5.41) is 17.5. The molecule has 0 saturated heterocycles. The number of ether oxygens (including phenoxy) is 1. The number of rotatable bonds is 7. The Kier molecular flexibility index (Phi) is 5.89. The fraction of sp³-hybridized carbons (Fsp3) is 0.160. The minimum absolute atomic E-state index is 0.203. The molecule has 0 fully saturated rings. The first-order valence-corrected chi connectivity index (χ1v) is 10.2. The molecule has 2 N–H and O–H groups in total. The topological polar surface area (TPSA) is 93.5 Å². The first-order valence-electron chi connectivity index (χ1n) is 10.2. The molecule has 4 rings (SSSR count). The number of fused-ring (bicyclic) bond motifs is 1. The molecule has 162 valence electrons. The predicted octanol–water partition coefficient (Wildman–Crippen LogP) is 4.28. The van der Waals surface area contributed by atoms with Crippen LogP contribution in [0.25, 0.3) is 10.9 Å². The van der Waals surface area contributed by atoms with Gasteiger partial charge in [-0.05, 0) is 48.4 Å². The Morgan fingerprint density at radius 2 is 1.81 bits per heavy atom. The lowest BCUT2D eigenvalue weighted by atomic mass is 10.1. The van der Waals surface area contributed by atoms with E-state index >= 15 is 0 Å². The van der Waals surface area contributed by atoms with Gasteiger partial charge in [-0.25, -0.2) is 4.79 Å². The number of methoxy groups -OCH3 is 1. The van der Waals surface area contributed by atoms with Crippen molar-refractivity contribution in [1.29, 1.82) is 0 Å². The van der Waals surface area contributed by atoms with E-state index in [1.807, 2.05) is 55.5 Å². The smallest absolute Gasteiger partial charge is 0.335 e. The van der Waals surface area contributed by atoms with Crippen molar-refractivity contribution < 1.29 is 19.4 Å². The number of aromatic nitrogens is 2. The monoisotopic (exact) mass is 429 g/mol. The Labute approximate surface area is 185 Å². The van der Waals surface area contributed by atoms with Crippen LogP contribution < -0.4 is 10.1 Å². The van der Waals surface area contributed by atoms with Crippen LogP contribution in [-0.4, -0.2) is 33.9 Å². The molecule has 0 unspecified atom stereocenters. The molecule has 3 aromatic carbocycles. The second-order valence-corrected chi connectivity index (χ2v) is 7.50. The van der Waals surface area contributed by atoms with E-state index in [4.69, 9.17) is 9.84 Å². The number of carbonyl (C=O) groups is 2. The van der Waals surface area contributed by atoms with Crippen LogP contribution in [0.3, 0.4) is 0 Å². The molecular formula is C25H23N3O4. The van der Waals surface area contributed by atoms with Crippen molar-refractivity contribution in [3.8, 4) is 5.75 Å². The van der Waals surface area contributed by atoms with Crippen LogP contribution in [0.5, 0.6) is 5.75 Å². The summed E-state index contributed by atoms with van der Waals surface area (Å²) in [5.41, 5.74) is 3.18. The van der Waals surface area contributed by atoms with Gasteiger partial charge >= 0.3 is 5.97 Å². The van der Waals surface area contributed by atoms with E-state index in [9.17, 15) is 9.59 Å². The zero-order valence-electron chi connectivity index (χ0n) is 17.8. The number of hydrogen-bond donors (Lipinski definition) is 2. The van der Waals surface area contributed by atoms with Crippen LogP contribution in [-0.2, 0) is 6.54 Å². The van der Waals surface area contributed by atoms with Crippen molar-refractivity contribution in [3.63, 3.8) is 0 Å². The summed E-state index contributed by atoms with van der Waals surface area (Å²) in [6.45, 7) is 2.27. The number of benzene rings is 3. The van der Waals surface area contributed by atoms with Gasteiger partial charge in [0.2, 0.25) is 0 Å². The highest BCUT2D eigenvalue weighted by Gasteiger charge is 2.21. The molecule has 1 atom stereocenters. The van der Waals surface area contributed by atoms with Crippen LogP contribution in [0.15, 0.2) is 72.8 Å². The van der Waals surface area contributed by atoms with Crippen LogP contribution >= 0.6 is 0 Å². The molecule has 1 aromatic heterocycles. The highest BCUT2D eigenvalue weighted by Crippen LogP contribution is 2.22. The van der Waals surface area contributed by atoms with Gasteiger partial charge in [0, 0.05) is 5.39 Å². The molecule has 0 saturated carbocycles. The van der Waals surface area contributed by atoms with Gasteiger partial charge < -0.3 is 15.2 Å². The largest absolute Gasteiger partial charge is 0.497 e. The van der Waals surface area contributed by atoms with E-state index in [2.05, 4.69) is 10.4 Å². The second-order valence-electron chi connectivity index (χ2n) is 7.50. The SMILES string of the molecule is COc1cccc(Cn2nc3ccccc3c2C(=O)N[C@@H](C)c2ccc(C(=O)O)cc2)c1. The van der Waals surface area contributed by atoms with Crippen molar-refractivity contribution in [3.05, 3.63) is 95.2 Å². The van der Waals surface area contributed by atoms with Crippen molar-refractivity contribution in [2.75, 3.05) is 7.11 Å². The Morgan fingerprint density at radius 1 is 1.06 bits per heavy atom. The molecule has 0 bridgehead atoms. The average Bonchev–Trinajstić information content (AvgIpc) is 3.17. The summed E-state index contributed by atoms with van der Waals surface area (Å²) in [4.78, 5) is 24.4. The maximum atomic E-state index is 13.3. The summed E-state index contributed by atoms with van der Waals surface area (Å²) in [6.07, 6.45) is 0. The van der Waals surface area contributed by atoms with Crippen LogP contribution in [0, 0.1) is 0 Å². The van der Waals surface area contributed by atoms with Crippen LogP contribution in [0.4, 0.5) is 0 Å². The molecule has 0 aliphatic heterocycles. The maximum absolute atomic E-state index is 13.3. The van der Waals surface area contributed by atoms with Crippen molar-refractivity contribution in [2.45, 2.75) is 19.5 Å². The number of amides is 1. The summed E-state index contributed by atoms with van der Waals surface area (Å²) >= 11 is 0. The average molecular weight is 429 g/mol. The number of nitrogens with one attached hydrogen (secondary N) is 1. The lowest BCUT2D eigenvalue weighted by molar-refractivity contribution is 0.0696. The van der Waals surface area contributed by atoms with E-state index in [-0.39, 0.29) is 17.5 Å². The maximum Gasteiger partial charge on any atom is 0.335 e. The van der Waals surface area contributed by atoms with Crippen LogP contribution in [0.1, 0.15) is 44.9 Å². The molecule has 7 nitrogen and oxygen atoms in total. The number of carboxylic acid groups (broad SMARTS) is 1. The molecule has 0 aliphatic carbocycles. The number of hydrogen-bond acceptors (Lipinski definition) is 4. The third kappa shape index (κ3) is 4.32. The van der Waals surface area contributed by atoms with Crippen molar-refractivity contribution in [2.24, 2.45) is 0 Å². The van der Waals surface area contributed by atoms with Gasteiger partial charge in [0.05, 0.1) is 30.8 Å². The van der Waals surface area contributed by atoms with Gasteiger partial charge in [0.1, 0.15) is 11.4 Å². The standard InChI is InChI=1S/C25H23N3O4/c1-16(18-10-12-19(13-11-18)25(30)31)26-24(29)23-21-8-3-4-9-22(21)27-28(23)15-17-6-5-7-20(14-17)32-2/h3-14,16H,15H2,1-2H3,(H,26,29)(H,30,31)/t16-/m0/s1. The van der Waals surface area contributed by atoms with Gasteiger partial charge in [-0.1, -0.05) is 42.5 Å². The second kappa shape index (κ2) is 8.93. The molecule has 1 amide bonds. The van der Waals surface area contributed by atoms with Crippen molar-refractivity contribution in [1.82, 2.24) is 15.1 Å². The first kappa shape index (κ1) is 21.1. The lowest BCUT2D eigenvalue weighted by Gasteiger charge is -2.16. The molecule has 7 heteroatoms. The van der Waals surface area contributed by atoms with E-state index in [0.717, 1.165) is 27.8 Å². The number of carbonyl (C=O) groups excluding carboxylic acids is 1. The van der Waals surface area contributed by atoms with Gasteiger partial charge in [-0.15, -0.1) is 0 Å². The number of aromatic carboxylic acids is 1. The highest BCUT2D eigenvalue weighted by atomic mass is 16.5. The van der Waals surface area contributed by atoms with E-state index in [1.54, 1.807) is 23.9 Å². The molecule has 4 aromatic rings. The molecule has 0 spiro atoms. The summed E-state index contributed by atoms with van der Waals surface area (Å²) in [5.74, 6) is -0.499. The fourth-order valence-electron chi connectivity index (χ4n) is 3.64. The third-order valence-electron chi connectivity index (χ3n) is 5.33. The Bertz CT molecular complexity index is 1280. The van der Waals surface area contributed by atoms with Gasteiger partial charge in [-0.3, -0.25) is 9.48 Å². The Morgan fingerprint density at radius 3 is 2.53 bits per heavy atom. The van der Waals surface area contributed by atoms with E-state index in [0.29, 0.717) is 12.2 Å². The highest BCUT2D eigenvalue weighted by molar-refractivity contribution is 6.05. The van der Waals surface area contributed by atoms with Gasteiger partial charge in [0.25, 0.3) is 5.91 Å². The molecule has 32 heavy (non-hydrogen) atoms. The zero-order chi connectivity index (χ0) is 22.7. The third-order valence-corrected chi connectivity index (χ3v) is 5.33. The summed E-state index contributed by atoms with van der Waals surface area (Å²) < 4.78 is 7.01. The molecule has 1 heterocycles. The van der Waals surface area contributed by atoms with E-state index < -0.39 is 5.97 Å². The Balaban J connectivity index is 1.64. The number of carboxylic acids is 1. The molecule has 0 aliphatic rings. The summed E-state index contributed by atoms with van der Waals surface area (Å²) in [6, 6.07) is 21.3. The van der Waals surface area contributed by atoms with Gasteiger partial charge in [0.15, 0.2) is 0 Å². The molecule has 0 radical (unpaired) electrons. The fourth-order valence-corrected chi connectivity index (χ4v) is 3.64. The van der Waals surface area contributed by atoms with Gasteiger partial charge in [-0.2, -0.15) is 5.10 Å². The first-order chi connectivity index (χ1) is 15.5. The Hall–Kier alpha value is -4.13. The zero-order valence-corrected chi connectivity index (χ0v) is 17.8. The predicted molar refractivity (Wildman–Crippen MR) is 121 cm³/mol. The molecular weight excluding hydrogens is 406 g/mol. The van der Waals surface area contributed by atoms with Crippen molar-refractivity contribution >= 4 is 22.8 Å².